The molecule has 0 atom stereocenters. The largest absolute Gasteiger partial charge is 0.392 e. The van der Waals surface area contributed by atoms with Gasteiger partial charge in [-0.15, -0.1) is 0 Å². The van der Waals surface area contributed by atoms with Crippen molar-refractivity contribution in [2.45, 2.75) is 77.6 Å². The zero-order chi connectivity index (χ0) is 13.2. The first-order valence-corrected chi connectivity index (χ1v) is 7.51. The number of carbonyl (C=O) groups excluding carboxylic acids is 2. The summed E-state index contributed by atoms with van der Waals surface area (Å²) in [7, 11) is 0. The molecule has 1 saturated heterocycles. The Bertz CT molecular complexity index is 246. The van der Waals surface area contributed by atoms with Gasteiger partial charge >= 0.3 is 11.9 Å². The molecule has 0 aliphatic carbocycles. The molecule has 3 nitrogen and oxygen atoms in total. The van der Waals surface area contributed by atoms with Gasteiger partial charge in [0.2, 0.25) is 0 Å². The van der Waals surface area contributed by atoms with E-state index >= 15 is 0 Å². The van der Waals surface area contributed by atoms with Crippen LogP contribution in [0.3, 0.4) is 0 Å². The van der Waals surface area contributed by atoms with E-state index in [1.165, 1.54) is 51.4 Å². The van der Waals surface area contributed by atoms with Gasteiger partial charge in [-0.25, -0.2) is 0 Å². The highest BCUT2D eigenvalue weighted by Crippen LogP contribution is 2.22. The monoisotopic (exact) mass is 254 g/mol. The van der Waals surface area contributed by atoms with Crippen LogP contribution in [0.15, 0.2) is 0 Å². The second-order valence-corrected chi connectivity index (χ2v) is 5.26. The van der Waals surface area contributed by atoms with E-state index in [1.807, 2.05) is 0 Å². The Morgan fingerprint density at radius 2 is 1.22 bits per heavy atom. The molecule has 0 spiro atoms. The lowest BCUT2D eigenvalue weighted by Gasteiger charge is -2.21. The number of unbranched alkanes of at least 4 members (excludes halogenated alkanes) is 9. The van der Waals surface area contributed by atoms with Gasteiger partial charge in [-0.1, -0.05) is 71.1 Å². The maximum absolute atomic E-state index is 10.9. The highest BCUT2D eigenvalue weighted by atomic mass is 16.6. The number of rotatable bonds is 11. The summed E-state index contributed by atoms with van der Waals surface area (Å²) in [6.07, 6.45) is 13.4. The second-order valence-electron chi connectivity index (χ2n) is 5.26. The fourth-order valence-electron chi connectivity index (χ4n) is 2.35. The summed E-state index contributed by atoms with van der Waals surface area (Å²) < 4.78 is 4.32. The molecule has 0 aromatic rings. The van der Waals surface area contributed by atoms with Crippen molar-refractivity contribution in [2.75, 3.05) is 0 Å². The quantitative estimate of drug-likeness (QED) is 0.318. The Labute approximate surface area is 110 Å². The van der Waals surface area contributed by atoms with Crippen molar-refractivity contribution in [3.63, 3.8) is 0 Å². The fraction of sp³-hybridized carbons (Fsp3) is 0.867. The third-order valence-electron chi connectivity index (χ3n) is 3.62. The predicted octanol–water partition coefficient (Wildman–Crippen LogP) is 4.00. The van der Waals surface area contributed by atoms with Crippen LogP contribution in [0.2, 0.25) is 0 Å². The summed E-state index contributed by atoms with van der Waals surface area (Å²) in [5, 5.41) is 0. The van der Waals surface area contributed by atoms with Gasteiger partial charge in [-0.05, 0) is 6.42 Å². The molecule has 0 N–H and O–H groups in total. The first-order chi connectivity index (χ1) is 8.75. The number of ether oxygens (including phenoxy) is 1. The summed E-state index contributed by atoms with van der Waals surface area (Å²) >= 11 is 0. The first-order valence-electron chi connectivity index (χ1n) is 7.51. The van der Waals surface area contributed by atoms with Crippen molar-refractivity contribution in [1.82, 2.24) is 0 Å². The van der Waals surface area contributed by atoms with Crippen LogP contribution in [-0.4, -0.2) is 11.9 Å². The van der Waals surface area contributed by atoms with E-state index in [1.54, 1.807) is 0 Å². The molecule has 1 aliphatic heterocycles. The molecule has 0 unspecified atom stereocenters. The van der Waals surface area contributed by atoms with Gasteiger partial charge in [0, 0.05) is 0 Å². The van der Waals surface area contributed by atoms with Crippen LogP contribution in [0, 0.1) is 5.92 Å². The smallest absolute Gasteiger partial charge is 0.328 e. The molecule has 1 rings (SSSR count). The summed E-state index contributed by atoms with van der Waals surface area (Å²) in [6, 6.07) is 0. The predicted molar refractivity (Wildman–Crippen MR) is 71.1 cm³/mol. The Kier molecular flexibility index (Phi) is 7.70. The lowest BCUT2D eigenvalue weighted by atomic mass is 9.97. The third-order valence-corrected chi connectivity index (χ3v) is 3.62. The van der Waals surface area contributed by atoms with Crippen molar-refractivity contribution in [3.05, 3.63) is 0 Å². The van der Waals surface area contributed by atoms with Crippen LogP contribution in [0.4, 0.5) is 0 Å². The van der Waals surface area contributed by atoms with E-state index in [9.17, 15) is 9.59 Å². The van der Waals surface area contributed by atoms with Gasteiger partial charge in [0.1, 0.15) is 0 Å². The third kappa shape index (κ3) is 5.65. The molecule has 0 amide bonds. The summed E-state index contributed by atoms with van der Waals surface area (Å²) in [5.74, 6) is -1.08. The first kappa shape index (κ1) is 15.2. The standard InChI is InChI=1S/C15H26O3/c1-2-3-4-5-6-7-8-9-10-11-12-13-14(16)18-15(13)17/h13H,2-12H2,1H3. The van der Waals surface area contributed by atoms with Crippen LogP contribution >= 0.6 is 0 Å². The molecule has 1 aliphatic rings. The normalized spacial score (nSPS) is 15.6. The Morgan fingerprint density at radius 1 is 0.778 bits per heavy atom. The van der Waals surface area contributed by atoms with Crippen molar-refractivity contribution >= 4 is 11.9 Å². The van der Waals surface area contributed by atoms with Crippen molar-refractivity contribution in [2.24, 2.45) is 5.92 Å². The van der Waals surface area contributed by atoms with E-state index < -0.39 is 5.92 Å². The van der Waals surface area contributed by atoms with Crippen molar-refractivity contribution < 1.29 is 14.3 Å². The summed E-state index contributed by atoms with van der Waals surface area (Å²) in [4.78, 5) is 21.8. The number of esters is 2. The molecule has 1 heterocycles. The van der Waals surface area contributed by atoms with Gasteiger partial charge < -0.3 is 4.74 Å². The van der Waals surface area contributed by atoms with E-state index in [0.717, 1.165) is 12.8 Å². The summed E-state index contributed by atoms with van der Waals surface area (Å²) in [5.41, 5.74) is 0. The van der Waals surface area contributed by atoms with Crippen LogP contribution < -0.4 is 0 Å². The van der Waals surface area contributed by atoms with Crippen LogP contribution in [-0.2, 0) is 14.3 Å². The van der Waals surface area contributed by atoms with Gasteiger partial charge in [0.15, 0.2) is 5.92 Å². The fourth-order valence-corrected chi connectivity index (χ4v) is 2.35. The van der Waals surface area contributed by atoms with Crippen LogP contribution in [0.5, 0.6) is 0 Å². The van der Waals surface area contributed by atoms with Crippen molar-refractivity contribution in [1.29, 1.82) is 0 Å². The minimum atomic E-state index is -0.431. The minimum Gasteiger partial charge on any atom is -0.392 e. The molecule has 104 valence electrons. The number of carbonyl (C=O) groups is 2. The Balaban J connectivity index is 1.79. The molecule has 1 fully saturated rings. The molecule has 0 saturated carbocycles. The molecule has 0 bridgehead atoms. The average molecular weight is 254 g/mol. The number of hydrogen-bond donors (Lipinski definition) is 0. The van der Waals surface area contributed by atoms with Crippen LogP contribution in [0.1, 0.15) is 77.6 Å². The zero-order valence-electron chi connectivity index (χ0n) is 11.6. The molecular weight excluding hydrogens is 228 g/mol. The minimum absolute atomic E-state index is 0.323. The number of hydrogen-bond acceptors (Lipinski definition) is 3. The van der Waals surface area contributed by atoms with Crippen molar-refractivity contribution in [3.8, 4) is 0 Å². The molecule has 0 aromatic carbocycles. The lowest BCUT2D eigenvalue weighted by Crippen LogP contribution is -2.40. The Morgan fingerprint density at radius 3 is 1.67 bits per heavy atom. The van der Waals surface area contributed by atoms with Gasteiger partial charge in [-0.2, -0.15) is 0 Å². The van der Waals surface area contributed by atoms with Crippen LogP contribution in [0.25, 0.3) is 0 Å². The zero-order valence-corrected chi connectivity index (χ0v) is 11.6. The van der Waals surface area contributed by atoms with Gasteiger partial charge in [0.25, 0.3) is 0 Å². The van der Waals surface area contributed by atoms with Gasteiger partial charge in [0.05, 0.1) is 0 Å². The molecule has 0 aromatic heterocycles. The van der Waals surface area contributed by atoms with E-state index in [2.05, 4.69) is 11.7 Å². The van der Waals surface area contributed by atoms with E-state index in [4.69, 9.17) is 0 Å². The number of cyclic esters (lactones) is 2. The molecule has 18 heavy (non-hydrogen) atoms. The second kappa shape index (κ2) is 9.12. The SMILES string of the molecule is CCCCCCCCCCCCC1C(=O)OC1=O. The van der Waals surface area contributed by atoms with Gasteiger partial charge in [-0.3, -0.25) is 9.59 Å². The summed E-state index contributed by atoms with van der Waals surface area (Å²) in [6.45, 7) is 2.24. The maximum Gasteiger partial charge on any atom is 0.328 e. The van der Waals surface area contributed by atoms with E-state index in [-0.39, 0.29) is 11.9 Å². The molecular formula is C15H26O3. The molecule has 3 heteroatoms. The topological polar surface area (TPSA) is 43.4 Å². The molecule has 0 radical (unpaired) electrons. The lowest BCUT2D eigenvalue weighted by molar-refractivity contribution is -0.184. The average Bonchev–Trinajstić information content (AvgIpc) is 2.36. The Hall–Kier alpha value is -0.860. The highest BCUT2D eigenvalue weighted by molar-refractivity contribution is 6.09. The van der Waals surface area contributed by atoms with E-state index in [0.29, 0.717) is 6.42 Å². The highest BCUT2D eigenvalue weighted by Gasteiger charge is 2.40. The maximum atomic E-state index is 10.9.